The summed E-state index contributed by atoms with van der Waals surface area (Å²) in [5.41, 5.74) is -0.571. The zero-order valence-electron chi connectivity index (χ0n) is 9.62. The molecule has 1 N–H and O–H groups in total. The minimum absolute atomic E-state index is 0.474. The fourth-order valence-electron chi connectivity index (χ4n) is 2.05. The highest BCUT2D eigenvalue weighted by Gasteiger charge is 2.33. The predicted molar refractivity (Wildman–Crippen MR) is 57.4 cm³/mol. The molecule has 0 aromatic heterocycles. The Balaban J connectivity index is 2.37. The number of rotatable bonds is 4. The summed E-state index contributed by atoms with van der Waals surface area (Å²) in [6.07, 6.45) is 2.86. The average Bonchev–Trinajstić information content (AvgIpc) is 2.18. The Morgan fingerprint density at radius 2 is 2.00 bits per heavy atom. The Morgan fingerprint density at radius 1 is 1.43 bits per heavy atom. The Kier molecular flexibility index (Phi) is 4.35. The van der Waals surface area contributed by atoms with E-state index in [2.05, 4.69) is 18.7 Å². The predicted octanol–water partition coefficient (Wildman–Crippen LogP) is 1.26. The highest BCUT2D eigenvalue weighted by atomic mass is 16.5. The van der Waals surface area contributed by atoms with Crippen molar-refractivity contribution in [2.24, 2.45) is 0 Å². The number of methoxy groups -OCH3 is 1. The molecule has 0 saturated carbocycles. The molecular weight excluding hydrogens is 178 g/mol. The fraction of sp³-hybridized carbons (Fsp3) is 1.00. The lowest BCUT2D eigenvalue weighted by Gasteiger charge is -2.40. The summed E-state index contributed by atoms with van der Waals surface area (Å²) in [4.78, 5) is 2.45. The van der Waals surface area contributed by atoms with Crippen molar-refractivity contribution >= 4 is 0 Å². The molecule has 1 rings (SSSR count). The largest absolute Gasteiger partial charge is 0.387 e. The van der Waals surface area contributed by atoms with Gasteiger partial charge in [0.15, 0.2) is 0 Å². The van der Waals surface area contributed by atoms with Crippen LogP contribution in [0.15, 0.2) is 0 Å². The summed E-state index contributed by atoms with van der Waals surface area (Å²) in [5.74, 6) is 0. The second-order valence-corrected chi connectivity index (χ2v) is 4.45. The SMILES string of the molecule is CCC(C)N1CCC(O)(COC)CC1. The lowest BCUT2D eigenvalue weighted by atomic mass is 9.91. The molecule has 0 amide bonds. The maximum atomic E-state index is 10.1. The van der Waals surface area contributed by atoms with E-state index in [4.69, 9.17) is 4.74 Å². The third-order valence-corrected chi connectivity index (χ3v) is 3.36. The number of aliphatic hydroxyl groups is 1. The molecule has 3 heteroatoms. The van der Waals surface area contributed by atoms with E-state index in [1.54, 1.807) is 7.11 Å². The third-order valence-electron chi connectivity index (χ3n) is 3.36. The van der Waals surface area contributed by atoms with Gasteiger partial charge in [-0.3, -0.25) is 0 Å². The van der Waals surface area contributed by atoms with Crippen molar-refractivity contribution < 1.29 is 9.84 Å². The Labute approximate surface area is 87.1 Å². The summed E-state index contributed by atoms with van der Waals surface area (Å²) in [7, 11) is 1.65. The quantitative estimate of drug-likeness (QED) is 0.743. The van der Waals surface area contributed by atoms with Crippen molar-refractivity contribution in [1.29, 1.82) is 0 Å². The van der Waals surface area contributed by atoms with Crippen LogP contribution >= 0.6 is 0 Å². The van der Waals surface area contributed by atoms with Gasteiger partial charge >= 0.3 is 0 Å². The number of hydrogen-bond acceptors (Lipinski definition) is 3. The van der Waals surface area contributed by atoms with Crippen LogP contribution in [0.4, 0.5) is 0 Å². The molecule has 0 bridgehead atoms. The van der Waals surface area contributed by atoms with Gasteiger partial charge in [-0.25, -0.2) is 0 Å². The van der Waals surface area contributed by atoms with Gasteiger partial charge in [-0.15, -0.1) is 0 Å². The Morgan fingerprint density at radius 3 is 2.43 bits per heavy atom. The molecule has 1 unspecified atom stereocenters. The van der Waals surface area contributed by atoms with Gasteiger partial charge in [0.05, 0.1) is 12.2 Å². The van der Waals surface area contributed by atoms with Crippen LogP contribution in [0, 0.1) is 0 Å². The number of ether oxygens (including phenoxy) is 1. The fourth-order valence-corrected chi connectivity index (χ4v) is 2.05. The summed E-state index contributed by atoms with van der Waals surface area (Å²) in [6.45, 7) is 6.92. The lowest BCUT2D eigenvalue weighted by Crippen LogP contribution is -2.49. The van der Waals surface area contributed by atoms with Crippen LogP contribution in [0.25, 0.3) is 0 Å². The number of nitrogens with zero attached hydrogens (tertiary/aromatic N) is 1. The van der Waals surface area contributed by atoms with Crippen molar-refractivity contribution in [1.82, 2.24) is 4.90 Å². The van der Waals surface area contributed by atoms with Crippen molar-refractivity contribution in [3.05, 3.63) is 0 Å². The number of piperidine rings is 1. The molecule has 14 heavy (non-hydrogen) atoms. The molecule has 0 radical (unpaired) electrons. The zero-order valence-corrected chi connectivity index (χ0v) is 9.62. The number of hydrogen-bond donors (Lipinski definition) is 1. The van der Waals surface area contributed by atoms with Crippen LogP contribution in [0.1, 0.15) is 33.1 Å². The lowest BCUT2D eigenvalue weighted by molar-refractivity contribution is -0.0756. The van der Waals surface area contributed by atoms with Crippen LogP contribution in [0.2, 0.25) is 0 Å². The van der Waals surface area contributed by atoms with Crippen LogP contribution < -0.4 is 0 Å². The molecule has 0 aromatic carbocycles. The highest BCUT2D eigenvalue weighted by molar-refractivity contribution is 4.86. The molecule has 0 spiro atoms. The third kappa shape index (κ3) is 2.94. The second-order valence-electron chi connectivity index (χ2n) is 4.45. The topological polar surface area (TPSA) is 32.7 Å². The Bertz CT molecular complexity index is 165. The molecule has 1 fully saturated rings. The first-order chi connectivity index (χ1) is 6.61. The molecular formula is C11H23NO2. The maximum absolute atomic E-state index is 10.1. The smallest absolute Gasteiger partial charge is 0.0904 e. The van der Waals surface area contributed by atoms with Gasteiger partial charge < -0.3 is 14.7 Å². The average molecular weight is 201 g/mol. The first-order valence-corrected chi connectivity index (χ1v) is 5.56. The van der Waals surface area contributed by atoms with E-state index in [1.807, 2.05) is 0 Å². The second kappa shape index (κ2) is 5.10. The van der Waals surface area contributed by atoms with Crippen LogP contribution in [-0.4, -0.2) is 48.5 Å². The van der Waals surface area contributed by atoms with Crippen molar-refractivity contribution in [3.8, 4) is 0 Å². The monoisotopic (exact) mass is 201 g/mol. The summed E-state index contributed by atoms with van der Waals surface area (Å²) in [6, 6.07) is 0.641. The molecule has 1 saturated heterocycles. The molecule has 1 atom stereocenters. The Hall–Kier alpha value is -0.120. The molecule has 0 aliphatic carbocycles. The summed E-state index contributed by atoms with van der Waals surface area (Å²) >= 11 is 0. The van der Waals surface area contributed by atoms with Gasteiger partial charge in [0.25, 0.3) is 0 Å². The normalized spacial score (nSPS) is 24.9. The van der Waals surface area contributed by atoms with E-state index in [1.165, 1.54) is 6.42 Å². The van der Waals surface area contributed by atoms with Crippen molar-refractivity contribution in [2.45, 2.75) is 44.8 Å². The van der Waals surface area contributed by atoms with Gasteiger partial charge in [0.1, 0.15) is 0 Å². The van der Waals surface area contributed by atoms with Crippen molar-refractivity contribution in [3.63, 3.8) is 0 Å². The van der Waals surface area contributed by atoms with Gasteiger partial charge in [-0.1, -0.05) is 6.92 Å². The summed E-state index contributed by atoms with van der Waals surface area (Å²) in [5, 5.41) is 10.1. The standard InChI is InChI=1S/C11H23NO2/c1-4-10(2)12-7-5-11(13,6-8-12)9-14-3/h10,13H,4-9H2,1-3H3. The van der Waals surface area contributed by atoms with E-state index in [0.717, 1.165) is 25.9 Å². The molecule has 0 aromatic rings. The van der Waals surface area contributed by atoms with E-state index < -0.39 is 5.60 Å². The van der Waals surface area contributed by atoms with Gasteiger partial charge in [0, 0.05) is 26.2 Å². The molecule has 84 valence electrons. The summed E-state index contributed by atoms with van der Waals surface area (Å²) < 4.78 is 5.04. The van der Waals surface area contributed by atoms with E-state index in [-0.39, 0.29) is 0 Å². The maximum Gasteiger partial charge on any atom is 0.0904 e. The van der Waals surface area contributed by atoms with E-state index in [9.17, 15) is 5.11 Å². The molecule has 3 nitrogen and oxygen atoms in total. The highest BCUT2D eigenvalue weighted by Crippen LogP contribution is 2.24. The van der Waals surface area contributed by atoms with Crippen LogP contribution in [0.5, 0.6) is 0 Å². The minimum atomic E-state index is -0.571. The van der Waals surface area contributed by atoms with Gasteiger partial charge in [-0.05, 0) is 26.2 Å². The first kappa shape index (κ1) is 12.0. The van der Waals surface area contributed by atoms with E-state index in [0.29, 0.717) is 12.6 Å². The minimum Gasteiger partial charge on any atom is -0.387 e. The van der Waals surface area contributed by atoms with Crippen molar-refractivity contribution in [2.75, 3.05) is 26.8 Å². The molecule has 1 aliphatic rings. The molecule has 1 heterocycles. The van der Waals surface area contributed by atoms with E-state index >= 15 is 0 Å². The van der Waals surface area contributed by atoms with Gasteiger partial charge in [0.2, 0.25) is 0 Å². The molecule has 1 aliphatic heterocycles. The van der Waals surface area contributed by atoms with Crippen LogP contribution in [-0.2, 0) is 4.74 Å². The first-order valence-electron chi connectivity index (χ1n) is 5.56. The number of likely N-dealkylation sites (tertiary alicyclic amines) is 1. The van der Waals surface area contributed by atoms with Gasteiger partial charge in [-0.2, -0.15) is 0 Å². The zero-order chi connectivity index (χ0) is 10.6. The van der Waals surface area contributed by atoms with Crippen LogP contribution in [0.3, 0.4) is 0 Å².